The molecule has 5 nitrogen and oxygen atoms in total. The van der Waals surface area contributed by atoms with Crippen molar-refractivity contribution in [2.75, 3.05) is 46.9 Å². The van der Waals surface area contributed by atoms with Crippen LogP contribution in [0.1, 0.15) is 18.4 Å². The third-order valence-corrected chi connectivity index (χ3v) is 4.46. The molecule has 1 aliphatic rings. The number of nitrogens with one attached hydrogen (secondary N) is 2. The molecule has 0 aliphatic carbocycles. The Morgan fingerprint density at radius 3 is 2.76 bits per heavy atom. The summed E-state index contributed by atoms with van der Waals surface area (Å²) in [6, 6.07) is 3.90. The van der Waals surface area contributed by atoms with Crippen molar-refractivity contribution in [2.24, 2.45) is 4.99 Å². The van der Waals surface area contributed by atoms with Crippen molar-refractivity contribution in [1.82, 2.24) is 15.5 Å². The molecule has 1 aromatic carbocycles. The zero-order valence-corrected chi connectivity index (χ0v) is 15.0. The monoisotopic (exact) mass is 354 g/mol. The summed E-state index contributed by atoms with van der Waals surface area (Å²) in [7, 11) is 3.44. The predicted octanol–water partition coefficient (Wildman–Crippen LogP) is 1.78. The Morgan fingerprint density at radius 2 is 2.08 bits per heavy atom. The SMILES string of the molecule is CN=C(NCCc1cc(F)ccc1F)NC1CCN(CCOC)CC1. The van der Waals surface area contributed by atoms with Gasteiger partial charge in [0, 0.05) is 46.4 Å². The van der Waals surface area contributed by atoms with Gasteiger partial charge in [-0.15, -0.1) is 0 Å². The van der Waals surface area contributed by atoms with Crippen molar-refractivity contribution in [1.29, 1.82) is 0 Å². The summed E-state index contributed by atoms with van der Waals surface area (Å²) in [4.78, 5) is 6.61. The Hall–Kier alpha value is -1.73. The number of halogens is 2. The Balaban J connectivity index is 1.71. The highest BCUT2D eigenvalue weighted by molar-refractivity contribution is 5.79. The third-order valence-electron chi connectivity index (χ3n) is 4.46. The Bertz CT molecular complexity index is 560. The van der Waals surface area contributed by atoms with E-state index >= 15 is 0 Å². The molecular weight excluding hydrogens is 326 g/mol. The van der Waals surface area contributed by atoms with Gasteiger partial charge in [-0.05, 0) is 43.0 Å². The minimum Gasteiger partial charge on any atom is -0.383 e. The summed E-state index contributed by atoms with van der Waals surface area (Å²) in [5.74, 6) is -0.0964. The molecule has 1 fully saturated rings. The molecule has 1 saturated heterocycles. The van der Waals surface area contributed by atoms with E-state index in [9.17, 15) is 8.78 Å². The number of piperidine rings is 1. The van der Waals surface area contributed by atoms with Gasteiger partial charge in [0.2, 0.25) is 0 Å². The van der Waals surface area contributed by atoms with E-state index in [0.29, 0.717) is 30.5 Å². The first-order valence-corrected chi connectivity index (χ1v) is 8.74. The van der Waals surface area contributed by atoms with Gasteiger partial charge in [0.15, 0.2) is 5.96 Å². The molecule has 0 saturated carbocycles. The minimum absolute atomic E-state index is 0.370. The quantitative estimate of drug-likeness (QED) is 0.579. The zero-order chi connectivity index (χ0) is 18.1. The highest BCUT2D eigenvalue weighted by Crippen LogP contribution is 2.11. The van der Waals surface area contributed by atoms with Crippen LogP contribution in [-0.2, 0) is 11.2 Å². The average Bonchev–Trinajstić information content (AvgIpc) is 2.63. The lowest BCUT2D eigenvalue weighted by molar-refractivity contribution is 0.128. The summed E-state index contributed by atoms with van der Waals surface area (Å²) in [6.07, 6.45) is 2.49. The van der Waals surface area contributed by atoms with Crippen molar-refractivity contribution in [3.05, 3.63) is 35.4 Å². The molecule has 0 aromatic heterocycles. The zero-order valence-electron chi connectivity index (χ0n) is 15.0. The number of hydrogen-bond donors (Lipinski definition) is 2. The van der Waals surface area contributed by atoms with Crippen LogP contribution in [0.4, 0.5) is 8.78 Å². The molecule has 140 valence electrons. The highest BCUT2D eigenvalue weighted by Gasteiger charge is 2.19. The van der Waals surface area contributed by atoms with Gasteiger partial charge in [-0.25, -0.2) is 8.78 Å². The Morgan fingerprint density at radius 1 is 1.32 bits per heavy atom. The number of aliphatic imine (C=N–C) groups is 1. The fourth-order valence-electron chi connectivity index (χ4n) is 2.96. The fourth-order valence-corrected chi connectivity index (χ4v) is 2.96. The second kappa shape index (κ2) is 10.3. The van der Waals surface area contributed by atoms with Crippen LogP contribution in [0.5, 0.6) is 0 Å². The maximum Gasteiger partial charge on any atom is 0.191 e. The smallest absolute Gasteiger partial charge is 0.191 e. The fraction of sp³-hybridized carbons (Fsp3) is 0.611. The summed E-state index contributed by atoms with van der Waals surface area (Å²) >= 11 is 0. The molecule has 0 atom stereocenters. The summed E-state index contributed by atoms with van der Waals surface area (Å²) in [5.41, 5.74) is 0.370. The van der Waals surface area contributed by atoms with Gasteiger partial charge in [-0.3, -0.25) is 4.99 Å². The number of ether oxygens (including phenoxy) is 1. The summed E-state index contributed by atoms with van der Waals surface area (Å²) in [6.45, 7) is 4.29. The number of guanidine groups is 1. The standard InChI is InChI=1S/C18H28F2N4O/c1-21-18(22-8-5-14-13-15(19)3-4-17(14)20)23-16-6-9-24(10-7-16)11-12-25-2/h3-4,13,16H,5-12H2,1-2H3,(H2,21,22,23). The number of hydrogen-bond acceptors (Lipinski definition) is 3. The normalized spacial score (nSPS) is 16.9. The molecule has 1 aromatic rings. The average molecular weight is 354 g/mol. The molecular formula is C18H28F2N4O. The van der Waals surface area contributed by atoms with Crippen LogP contribution in [-0.4, -0.2) is 63.8 Å². The van der Waals surface area contributed by atoms with Gasteiger partial charge in [-0.2, -0.15) is 0 Å². The molecule has 0 amide bonds. The van der Waals surface area contributed by atoms with Crippen molar-refractivity contribution >= 4 is 5.96 Å². The molecule has 1 aliphatic heterocycles. The van der Waals surface area contributed by atoms with Crippen molar-refractivity contribution in [3.63, 3.8) is 0 Å². The lowest BCUT2D eigenvalue weighted by Gasteiger charge is -2.32. The predicted molar refractivity (Wildman–Crippen MR) is 95.9 cm³/mol. The highest BCUT2D eigenvalue weighted by atomic mass is 19.1. The lowest BCUT2D eigenvalue weighted by Crippen LogP contribution is -2.49. The van der Waals surface area contributed by atoms with Crippen LogP contribution >= 0.6 is 0 Å². The van der Waals surface area contributed by atoms with Crippen molar-refractivity contribution < 1.29 is 13.5 Å². The largest absolute Gasteiger partial charge is 0.383 e. The van der Waals surface area contributed by atoms with Crippen LogP contribution in [0.15, 0.2) is 23.2 Å². The van der Waals surface area contributed by atoms with Gasteiger partial charge in [-0.1, -0.05) is 0 Å². The Kier molecular flexibility index (Phi) is 8.08. The van der Waals surface area contributed by atoms with Crippen molar-refractivity contribution in [2.45, 2.75) is 25.3 Å². The van der Waals surface area contributed by atoms with E-state index in [2.05, 4.69) is 20.5 Å². The van der Waals surface area contributed by atoms with Crippen LogP contribution < -0.4 is 10.6 Å². The molecule has 1 heterocycles. The van der Waals surface area contributed by atoms with Gasteiger partial charge in [0.05, 0.1) is 6.61 Å². The number of likely N-dealkylation sites (tertiary alicyclic amines) is 1. The first-order chi connectivity index (χ1) is 12.1. The maximum absolute atomic E-state index is 13.6. The summed E-state index contributed by atoms with van der Waals surface area (Å²) < 4.78 is 31.9. The molecule has 25 heavy (non-hydrogen) atoms. The second-order valence-corrected chi connectivity index (χ2v) is 6.24. The van der Waals surface area contributed by atoms with Crippen LogP contribution in [0.25, 0.3) is 0 Å². The van der Waals surface area contributed by atoms with Gasteiger partial charge < -0.3 is 20.3 Å². The van der Waals surface area contributed by atoms with Gasteiger partial charge in [0.1, 0.15) is 11.6 Å². The van der Waals surface area contributed by atoms with Crippen LogP contribution in [0.2, 0.25) is 0 Å². The molecule has 0 unspecified atom stereocenters. The number of benzene rings is 1. The number of methoxy groups -OCH3 is 1. The van der Waals surface area contributed by atoms with Gasteiger partial charge >= 0.3 is 0 Å². The molecule has 0 spiro atoms. The first-order valence-electron chi connectivity index (χ1n) is 8.74. The van der Waals surface area contributed by atoms with Crippen LogP contribution in [0, 0.1) is 11.6 Å². The van der Waals surface area contributed by atoms with Crippen molar-refractivity contribution in [3.8, 4) is 0 Å². The number of rotatable bonds is 7. The topological polar surface area (TPSA) is 48.9 Å². The van der Waals surface area contributed by atoms with Crippen LogP contribution in [0.3, 0.4) is 0 Å². The minimum atomic E-state index is -0.417. The van der Waals surface area contributed by atoms with E-state index in [-0.39, 0.29) is 5.82 Å². The van der Waals surface area contributed by atoms with E-state index in [0.717, 1.165) is 51.2 Å². The van der Waals surface area contributed by atoms with E-state index < -0.39 is 5.82 Å². The molecule has 0 radical (unpaired) electrons. The lowest BCUT2D eigenvalue weighted by atomic mass is 10.1. The molecule has 0 bridgehead atoms. The first kappa shape index (κ1) is 19.6. The van der Waals surface area contributed by atoms with E-state index in [4.69, 9.17) is 4.74 Å². The van der Waals surface area contributed by atoms with E-state index in [1.165, 1.54) is 6.07 Å². The summed E-state index contributed by atoms with van der Waals surface area (Å²) in [5, 5.41) is 6.58. The number of nitrogens with zero attached hydrogens (tertiary/aromatic N) is 2. The molecule has 7 heteroatoms. The van der Waals surface area contributed by atoms with E-state index in [1.54, 1.807) is 14.2 Å². The van der Waals surface area contributed by atoms with E-state index in [1.807, 2.05) is 0 Å². The molecule has 2 N–H and O–H groups in total. The van der Waals surface area contributed by atoms with Gasteiger partial charge in [0.25, 0.3) is 0 Å². The molecule has 2 rings (SSSR count). The third kappa shape index (κ3) is 6.59. The Labute approximate surface area is 148 Å². The maximum atomic E-state index is 13.6. The second-order valence-electron chi connectivity index (χ2n) is 6.24.